The zero-order valence-electron chi connectivity index (χ0n) is 13.0. The van der Waals surface area contributed by atoms with Crippen LogP contribution in [-0.2, 0) is 11.3 Å². The summed E-state index contributed by atoms with van der Waals surface area (Å²) in [5, 5.41) is 8.05. The number of nitrogens with zero attached hydrogens (tertiary/aromatic N) is 3. The highest BCUT2D eigenvalue weighted by Crippen LogP contribution is 2.17. The molecule has 1 saturated heterocycles. The summed E-state index contributed by atoms with van der Waals surface area (Å²) in [7, 11) is 0. The Kier molecular flexibility index (Phi) is 4.97. The van der Waals surface area contributed by atoms with Gasteiger partial charge in [0, 0.05) is 44.0 Å². The first kappa shape index (κ1) is 16.0. The van der Waals surface area contributed by atoms with Crippen LogP contribution in [0.2, 0.25) is 5.02 Å². The van der Waals surface area contributed by atoms with Crippen molar-refractivity contribution in [1.29, 1.82) is 0 Å². The van der Waals surface area contributed by atoms with Gasteiger partial charge in [-0.15, -0.1) is 0 Å². The summed E-state index contributed by atoms with van der Waals surface area (Å²) in [5.74, 6) is 0.563. The number of aromatic amines is 1. The summed E-state index contributed by atoms with van der Waals surface area (Å²) >= 11 is 5.87. The van der Waals surface area contributed by atoms with E-state index >= 15 is 0 Å². The molecule has 0 amide bonds. The van der Waals surface area contributed by atoms with Crippen LogP contribution in [0.5, 0.6) is 0 Å². The van der Waals surface area contributed by atoms with Gasteiger partial charge in [-0.1, -0.05) is 18.5 Å². The number of hydrogen-bond donors (Lipinski definition) is 2. The molecule has 0 saturated carbocycles. The molecule has 23 heavy (non-hydrogen) atoms. The van der Waals surface area contributed by atoms with Crippen molar-refractivity contribution in [3.05, 3.63) is 39.5 Å². The highest BCUT2D eigenvalue weighted by molar-refractivity contribution is 6.30. The molecular weight excluding hydrogens is 318 g/mol. The van der Waals surface area contributed by atoms with Gasteiger partial charge >= 0.3 is 0 Å². The van der Waals surface area contributed by atoms with Crippen LogP contribution in [0.25, 0.3) is 0 Å². The molecule has 3 rings (SSSR count). The van der Waals surface area contributed by atoms with Crippen LogP contribution in [-0.4, -0.2) is 39.0 Å². The van der Waals surface area contributed by atoms with Gasteiger partial charge in [-0.3, -0.25) is 14.5 Å². The third-order valence-electron chi connectivity index (χ3n) is 3.89. The first-order chi connectivity index (χ1) is 11.1. The van der Waals surface area contributed by atoms with Crippen molar-refractivity contribution in [1.82, 2.24) is 19.7 Å². The zero-order chi connectivity index (χ0) is 16.2. The van der Waals surface area contributed by atoms with Gasteiger partial charge < -0.3 is 10.1 Å². The van der Waals surface area contributed by atoms with Gasteiger partial charge in [0.2, 0.25) is 5.95 Å². The molecule has 2 aromatic rings. The number of ether oxygens (including phenoxy) is 1. The molecular formula is C15H20ClN5O2. The maximum atomic E-state index is 11.9. The van der Waals surface area contributed by atoms with Crippen molar-refractivity contribution in [3.63, 3.8) is 0 Å². The molecule has 2 N–H and O–H groups in total. The average molecular weight is 338 g/mol. The number of aromatic nitrogens is 4. The normalized spacial score (nSPS) is 17.1. The Bertz CT molecular complexity index is 708. The molecule has 0 bridgehead atoms. The summed E-state index contributed by atoms with van der Waals surface area (Å²) in [5.41, 5.74) is 0.574. The van der Waals surface area contributed by atoms with Gasteiger partial charge in [-0.05, 0) is 12.8 Å². The number of rotatable bonds is 5. The maximum absolute atomic E-state index is 11.9. The van der Waals surface area contributed by atoms with Crippen LogP contribution in [0, 0.1) is 0 Å². The predicted octanol–water partition coefficient (Wildman–Crippen LogP) is 2.01. The number of anilines is 1. The first-order valence-electron chi connectivity index (χ1n) is 7.73. The molecule has 1 aliphatic rings. The minimum absolute atomic E-state index is 0.0449. The van der Waals surface area contributed by atoms with E-state index in [-0.39, 0.29) is 17.5 Å². The van der Waals surface area contributed by atoms with Gasteiger partial charge in [0.1, 0.15) is 0 Å². The highest BCUT2D eigenvalue weighted by atomic mass is 35.5. The SMILES string of the molecule is C[C@H](Cn1cc(Cl)cn1)c1cc(=O)[nH]c(NC2CCOCC2)n1. The molecule has 1 atom stereocenters. The van der Waals surface area contributed by atoms with Crippen molar-refractivity contribution in [2.75, 3.05) is 18.5 Å². The minimum atomic E-state index is -0.157. The van der Waals surface area contributed by atoms with E-state index in [2.05, 4.69) is 20.4 Å². The Morgan fingerprint density at radius 3 is 3.00 bits per heavy atom. The first-order valence-corrected chi connectivity index (χ1v) is 8.11. The molecule has 7 nitrogen and oxygen atoms in total. The van der Waals surface area contributed by atoms with Gasteiger partial charge in [0.25, 0.3) is 5.56 Å². The van der Waals surface area contributed by atoms with E-state index < -0.39 is 0 Å². The molecule has 1 aliphatic heterocycles. The van der Waals surface area contributed by atoms with Crippen molar-refractivity contribution in [2.24, 2.45) is 0 Å². The lowest BCUT2D eigenvalue weighted by Crippen LogP contribution is -2.30. The van der Waals surface area contributed by atoms with Gasteiger partial charge in [0.15, 0.2) is 0 Å². The summed E-state index contributed by atoms with van der Waals surface area (Å²) in [6, 6.07) is 1.81. The Labute approximate surface area is 139 Å². The van der Waals surface area contributed by atoms with Crippen LogP contribution in [0.15, 0.2) is 23.3 Å². The minimum Gasteiger partial charge on any atom is -0.381 e. The standard InChI is InChI=1S/C15H20ClN5O2/c1-10(8-21-9-11(16)7-17-21)13-6-14(22)20-15(19-13)18-12-2-4-23-5-3-12/h6-7,9-10,12H,2-5,8H2,1H3,(H2,18,19,20,22)/t10-/m1/s1. The Morgan fingerprint density at radius 1 is 1.52 bits per heavy atom. The summed E-state index contributed by atoms with van der Waals surface area (Å²) < 4.78 is 7.09. The van der Waals surface area contributed by atoms with Crippen LogP contribution in [0.1, 0.15) is 31.4 Å². The van der Waals surface area contributed by atoms with Crippen molar-refractivity contribution in [2.45, 2.75) is 38.3 Å². The van der Waals surface area contributed by atoms with Crippen molar-refractivity contribution >= 4 is 17.5 Å². The Hall–Kier alpha value is -1.86. The highest BCUT2D eigenvalue weighted by Gasteiger charge is 2.16. The van der Waals surface area contributed by atoms with E-state index in [4.69, 9.17) is 16.3 Å². The van der Waals surface area contributed by atoms with E-state index in [1.807, 2.05) is 6.92 Å². The zero-order valence-corrected chi connectivity index (χ0v) is 13.7. The molecule has 8 heteroatoms. The molecule has 0 unspecified atom stereocenters. The fourth-order valence-corrected chi connectivity index (χ4v) is 2.80. The van der Waals surface area contributed by atoms with Gasteiger partial charge in [0.05, 0.1) is 16.9 Å². The van der Waals surface area contributed by atoms with E-state index in [0.717, 1.165) is 31.7 Å². The van der Waals surface area contributed by atoms with Crippen LogP contribution < -0.4 is 10.9 Å². The maximum Gasteiger partial charge on any atom is 0.252 e. The molecule has 0 aliphatic carbocycles. The van der Waals surface area contributed by atoms with Crippen molar-refractivity contribution in [3.8, 4) is 0 Å². The lowest BCUT2D eigenvalue weighted by Gasteiger charge is -2.23. The molecule has 0 radical (unpaired) electrons. The van der Waals surface area contributed by atoms with Crippen molar-refractivity contribution < 1.29 is 4.74 Å². The second-order valence-electron chi connectivity index (χ2n) is 5.83. The van der Waals surface area contributed by atoms with E-state index in [1.54, 1.807) is 17.1 Å². The number of hydrogen-bond acceptors (Lipinski definition) is 5. The fourth-order valence-electron chi connectivity index (χ4n) is 2.64. The second-order valence-corrected chi connectivity index (χ2v) is 6.27. The van der Waals surface area contributed by atoms with Crippen LogP contribution in [0.3, 0.4) is 0 Å². The second kappa shape index (κ2) is 7.14. The fraction of sp³-hybridized carbons (Fsp3) is 0.533. The largest absolute Gasteiger partial charge is 0.381 e. The lowest BCUT2D eigenvalue weighted by atomic mass is 10.1. The van der Waals surface area contributed by atoms with Crippen LogP contribution >= 0.6 is 11.6 Å². The molecule has 3 heterocycles. The third kappa shape index (κ3) is 4.33. The topological polar surface area (TPSA) is 84.8 Å². The predicted molar refractivity (Wildman–Crippen MR) is 88.0 cm³/mol. The molecule has 124 valence electrons. The quantitative estimate of drug-likeness (QED) is 0.871. The lowest BCUT2D eigenvalue weighted by molar-refractivity contribution is 0.0903. The molecule has 0 spiro atoms. The number of H-pyrrole nitrogens is 1. The Morgan fingerprint density at radius 2 is 2.30 bits per heavy atom. The molecule has 0 aromatic carbocycles. The van der Waals surface area contributed by atoms with Gasteiger partial charge in [-0.2, -0.15) is 5.10 Å². The van der Waals surface area contributed by atoms with E-state index in [0.29, 0.717) is 17.5 Å². The van der Waals surface area contributed by atoms with Crippen LogP contribution in [0.4, 0.5) is 5.95 Å². The monoisotopic (exact) mass is 337 g/mol. The summed E-state index contributed by atoms with van der Waals surface area (Å²) in [6.07, 6.45) is 5.18. The van der Waals surface area contributed by atoms with Gasteiger partial charge in [-0.25, -0.2) is 4.98 Å². The smallest absolute Gasteiger partial charge is 0.252 e. The summed E-state index contributed by atoms with van der Waals surface area (Å²) in [4.78, 5) is 19.2. The Balaban J connectivity index is 1.72. The average Bonchev–Trinajstić information content (AvgIpc) is 2.93. The van der Waals surface area contributed by atoms with E-state index in [1.165, 1.54) is 6.07 Å². The number of halogens is 1. The molecule has 2 aromatic heterocycles. The number of nitrogens with one attached hydrogen (secondary N) is 2. The summed E-state index contributed by atoms with van der Waals surface area (Å²) in [6.45, 7) is 4.09. The third-order valence-corrected chi connectivity index (χ3v) is 4.09. The molecule has 1 fully saturated rings. The van der Waals surface area contributed by atoms with E-state index in [9.17, 15) is 4.79 Å².